The standard InChI is InChI=1S/C17H18N4O5/c1-11-2-3-12(8-15(11)21(25)26)16(22)19-6-4-14(5-7-19)20-10-13(9-18-20)17(23)24/h2-3,8-10,14H,4-7H2,1H3,(H,23,24). The fourth-order valence-corrected chi connectivity index (χ4v) is 3.10. The SMILES string of the molecule is Cc1ccc(C(=O)N2CCC(n3cc(C(=O)O)cn3)CC2)cc1[N+](=O)[O-]. The van der Waals surface area contributed by atoms with Crippen LogP contribution >= 0.6 is 0 Å². The van der Waals surface area contributed by atoms with E-state index in [9.17, 15) is 19.7 Å². The molecule has 1 amide bonds. The number of carboxylic acids is 1. The zero-order chi connectivity index (χ0) is 18.8. The molecule has 2 aromatic rings. The van der Waals surface area contributed by atoms with Gasteiger partial charge in [0, 0.05) is 36.5 Å². The molecule has 136 valence electrons. The minimum atomic E-state index is -1.02. The normalized spacial score (nSPS) is 15.0. The van der Waals surface area contributed by atoms with Gasteiger partial charge in [0.2, 0.25) is 0 Å². The lowest BCUT2D eigenvalue weighted by Gasteiger charge is -2.32. The summed E-state index contributed by atoms with van der Waals surface area (Å²) in [7, 11) is 0. The van der Waals surface area contributed by atoms with Crippen LogP contribution in [0.5, 0.6) is 0 Å². The van der Waals surface area contributed by atoms with Crippen LogP contribution in [0.3, 0.4) is 0 Å². The molecule has 1 fully saturated rings. The topological polar surface area (TPSA) is 119 Å². The van der Waals surface area contributed by atoms with Crippen molar-refractivity contribution in [2.75, 3.05) is 13.1 Å². The number of piperidine rings is 1. The van der Waals surface area contributed by atoms with Crippen LogP contribution in [0.2, 0.25) is 0 Å². The highest BCUT2D eigenvalue weighted by Crippen LogP contribution is 2.25. The number of amides is 1. The van der Waals surface area contributed by atoms with Gasteiger partial charge >= 0.3 is 5.97 Å². The van der Waals surface area contributed by atoms with Crippen molar-refractivity contribution >= 4 is 17.6 Å². The van der Waals surface area contributed by atoms with Crippen LogP contribution in [0.25, 0.3) is 0 Å². The van der Waals surface area contributed by atoms with E-state index < -0.39 is 10.9 Å². The van der Waals surface area contributed by atoms with Crippen molar-refractivity contribution in [2.24, 2.45) is 0 Å². The zero-order valence-corrected chi connectivity index (χ0v) is 14.2. The van der Waals surface area contributed by atoms with E-state index in [1.165, 1.54) is 18.5 Å². The van der Waals surface area contributed by atoms with Gasteiger partial charge in [0.05, 0.1) is 22.7 Å². The van der Waals surface area contributed by atoms with Gasteiger partial charge in [0.25, 0.3) is 11.6 Å². The third-order valence-corrected chi connectivity index (χ3v) is 4.63. The Labute approximate surface area is 149 Å². The molecule has 0 atom stereocenters. The van der Waals surface area contributed by atoms with Crippen LogP contribution in [0, 0.1) is 17.0 Å². The lowest BCUT2D eigenvalue weighted by atomic mass is 10.0. The Morgan fingerprint density at radius 2 is 1.96 bits per heavy atom. The summed E-state index contributed by atoms with van der Waals surface area (Å²) in [4.78, 5) is 35.8. The molecule has 9 heteroatoms. The number of nitro benzene ring substituents is 1. The second kappa shape index (κ2) is 6.95. The summed E-state index contributed by atoms with van der Waals surface area (Å²) in [6.07, 6.45) is 4.08. The molecule has 1 N–H and O–H groups in total. The molecule has 0 radical (unpaired) electrons. The van der Waals surface area contributed by atoms with Gasteiger partial charge in [0.1, 0.15) is 0 Å². The highest BCUT2D eigenvalue weighted by Gasteiger charge is 2.26. The Hall–Kier alpha value is -3.23. The van der Waals surface area contributed by atoms with Crippen molar-refractivity contribution in [2.45, 2.75) is 25.8 Å². The largest absolute Gasteiger partial charge is 0.478 e. The number of benzene rings is 1. The first-order valence-corrected chi connectivity index (χ1v) is 8.18. The quantitative estimate of drug-likeness (QED) is 0.661. The van der Waals surface area contributed by atoms with Gasteiger partial charge in [-0.15, -0.1) is 0 Å². The molecule has 9 nitrogen and oxygen atoms in total. The summed E-state index contributed by atoms with van der Waals surface area (Å²) in [5.74, 6) is -1.26. The van der Waals surface area contributed by atoms with Crippen molar-refractivity contribution in [3.05, 3.63) is 57.4 Å². The summed E-state index contributed by atoms with van der Waals surface area (Å²) in [6, 6.07) is 4.52. The van der Waals surface area contributed by atoms with Crippen LogP contribution < -0.4 is 0 Å². The summed E-state index contributed by atoms with van der Waals surface area (Å²) in [5, 5.41) is 24.1. The third kappa shape index (κ3) is 3.41. The first-order chi connectivity index (χ1) is 12.4. The predicted octanol–water partition coefficient (Wildman–Crippen LogP) is 2.28. The highest BCUT2D eigenvalue weighted by atomic mass is 16.6. The van der Waals surface area contributed by atoms with Crippen LogP contribution in [0.15, 0.2) is 30.6 Å². The van der Waals surface area contributed by atoms with E-state index in [0.717, 1.165) is 0 Å². The molecule has 1 aromatic carbocycles. The van der Waals surface area contributed by atoms with E-state index in [-0.39, 0.29) is 23.2 Å². The van der Waals surface area contributed by atoms with Crippen LogP contribution in [-0.4, -0.2) is 49.7 Å². The monoisotopic (exact) mass is 358 g/mol. The number of likely N-dealkylation sites (tertiary alicyclic amines) is 1. The predicted molar refractivity (Wildman–Crippen MR) is 91.2 cm³/mol. The number of carbonyl (C=O) groups excluding carboxylic acids is 1. The van der Waals surface area contributed by atoms with E-state index in [0.29, 0.717) is 37.1 Å². The van der Waals surface area contributed by atoms with Crippen molar-refractivity contribution in [1.82, 2.24) is 14.7 Å². The number of hydrogen-bond donors (Lipinski definition) is 1. The Bertz CT molecular complexity index is 868. The molecule has 0 spiro atoms. The smallest absolute Gasteiger partial charge is 0.338 e. The van der Waals surface area contributed by atoms with Gasteiger partial charge in [-0.25, -0.2) is 4.79 Å². The average Bonchev–Trinajstić information content (AvgIpc) is 3.12. The van der Waals surface area contributed by atoms with Gasteiger partial charge in [0.15, 0.2) is 0 Å². The number of aromatic nitrogens is 2. The molecule has 1 aromatic heterocycles. The van der Waals surface area contributed by atoms with E-state index in [4.69, 9.17) is 5.11 Å². The van der Waals surface area contributed by atoms with Gasteiger partial charge in [-0.2, -0.15) is 5.10 Å². The molecule has 1 aliphatic rings. The number of carboxylic acid groups (broad SMARTS) is 1. The summed E-state index contributed by atoms with van der Waals surface area (Å²) in [6.45, 7) is 2.59. The molecule has 2 heterocycles. The lowest BCUT2D eigenvalue weighted by molar-refractivity contribution is -0.385. The first kappa shape index (κ1) is 17.6. The number of nitrogens with zero attached hydrogens (tertiary/aromatic N) is 4. The minimum Gasteiger partial charge on any atom is -0.478 e. The number of aryl methyl sites for hydroxylation is 1. The number of rotatable bonds is 4. The molecule has 0 aliphatic carbocycles. The van der Waals surface area contributed by atoms with Crippen molar-refractivity contribution in [1.29, 1.82) is 0 Å². The molecule has 0 saturated carbocycles. The zero-order valence-electron chi connectivity index (χ0n) is 14.2. The molecule has 0 unspecified atom stereocenters. The third-order valence-electron chi connectivity index (χ3n) is 4.63. The van der Waals surface area contributed by atoms with Gasteiger partial charge < -0.3 is 10.0 Å². The molecule has 1 saturated heterocycles. The van der Waals surface area contributed by atoms with E-state index in [1.807, 2.05) is 0 Å². The number of hydrogen-bond acceptors (Lipinski definition) is 5. The van der Waals surface area contributed by atoms with E-state index in [2.05, 4.69) is 5.10 Å². The van der Waals surface area contributed by atoms with Crippen LogP contribution in [0.1, 0.15) is 45.2 Å². The molecule has 0 bridgehead atoms. The molecular weight excluding hydrogens is 340 g/mol. The second-order valence-electron chi connectivity index (χ2n) is 6.30. The second-order valence-corrected chi connectivity index (χ2v) is 6.30. The van der Waals surface area contributed by atoms with Crippen LogP contribution in [0.4, 0.5) is 5.69 Å². The minimum absolute atomic E-state index is 0.0273. The first-order valence-electron chi connectivity index (χ1n) is 8.18. The maximum atomic E-state index is 12.6. The average molecular weight is 358 g/mol. The summed E-state index contributed by atoms with van der Waals surface area (Å²) < 4.78 is 1.63. The van der Waals surface area contributed by atoms with Gasteiger partial charge in [-0.1, -0.05) is 6.07 Å². The van der Waals surface area contributed by atoms with Crippen LogP contribution in [-0.2, 0) is 0 Å². The maximum absolute atomic E-state index is 12.6. The lowest BCUT2D eigenvalue weighted by Crippen LogP contribution is -2.39. The van der Waals surface area contributed by atoms with E-state index in [1.54, 1.807) is 28.6 Å². The number of nitro groups is 1. The van der Waals surface area contributed by atoms with Crippen molar-refractivity contribution in [3.63, 3.8) is 0 Å². The van der Waals surface area contributed by atoms with E-state index >= 15 is 0 Å². The van der Waals surface area contributed by atoms with Gasteiger partial charge in [-0.3, -0.25) is 19.6 Å². The molecule has 1 aliphatic heterocycles. The maximum Gasteiger partial charge on any atom is 0.338 e. The van der Waals surface area contributed by atoms with Crippen molar-refractivity contribution in [3.8, 4) is 0 Å². The Morgan fingerprint density at radius 1 is 1.27 bits per heavy atom. The number of carbonyl (C=O) groups is 2. The Balaban J connectivity index is 1.67. The summed E-state index contributed by atoms with van der Waals surface area (Å²) >= 11 is 0. The number of aromatic carboxylic acids is 1. The van der Waals surface area contributed by atoms with Gasteiger partial charge in [-0.05, 0) is 25.8 Å². The molecule has 26 heavy (non-hydrogen) atoms. The fraction of sp³-hybridized carbons (Fsp3) is 0.353. The molecule has 3 rings (SSSR count). The Morgan fingerprint density at radius 3 is 2.54 bits per heavy atom. The van der Waals surface area contributed by atoms with Crippen molar-refractivity contribution < 1.29 is 19.6 Å². The summed E-state index contributed by atoms with van der Waals surface area (Å²) in [5.41, 5.74) is 0.880. The fourth-order valence-electron chi connectivity index (χ4n) is 3.10. The Kier molecular flexibility index (Phi) is 4.70. The molecular formula is C17H18N4O5. The highest BCUT2D eigenvalue weighted by molar-refractivity contribution is 5.95.